The molecule has 0 saturated heterocycles. The fourth-order valence-electron chi connectivity index (χ4n) is 2.19. The zero-order valence-corrected chi connectivity index (χ0v) is 9.85. The van der Waals surface area contributed by atoms with Gasteiger partial charge in [0.1, 0.15) is 5.54 Å². The van der Waals surface area contributed by atoms with E-state index in [1.807, 2.05) is 16.9 Å². The molecule has 0 aliphatic heterocycles. The highest BCUT2D eigenvalue weighted by molar-refractivity contribution is 5.15. The summed E-state index contributed by atoms with van der Waals surface area (Å²) in [6.45, 7) is 4.80. The highest BCUT2D eigenvalue weighted by atomic mass is 15.3. The van der Waals surface area contributed by atoms with Crippen LogP contribution in [0.4, 0.5) is 0 Å². The van der Waals surface area contributed by atoms with E-state index in [1.165, 1.54) is 0 Å². The zero-order valence-electron chi connectivity index (χ0n) is 9.85. The molecule has 1 aliphatic carbocycles. The van der Waals surface area contributed by atoms with Crippen LogP contribution in [0.25, 0.3) is 0 Å². The molecule has 0 bridgehead atoms. The molecule has 16 heavy (non-hydrogen) atoms. The predicted molar refractivity (Wildman–Crippen MR) is 61.6 cm³/mol. The van der Waals surface area contributed by atoms with Gasteiger partial charge in [0.05, 0.1) is 12.6 Å². The van der Waals surface area contributed by atoms with Gasteiger partial charge in [-0.25, -0.2) is 0 Å². The Hall–Kier alpha value is -1.34. The summed E-state index contributed by atoms with van der Waals surface area (Å²) in [5.74, 6) is 0.476. The van der Waals surface area contributed by atoms with E-state index in [9.17, 15) is 5.26 Å². The first-order chi connectivity index (χ1) is 7.66. The molecule has 86 valence electrons. The standard InChI is InChI=1S/C12H18N4/c1-10(2)15-12(8-13,11-4-5-11)9-16-7-3-6-14-16/h3,6-7,10-11,15H,4-5,9H2,1-2H3. The maximum Gasteiger partial charge on any atom is 0.129 e. The minimum atomic E-state index is -0.444. The summed E-state index contributed by atoms with van der Waals surface area (Å²) in [6.07, 6.45) is 5.96. The van der Waals surface area contributed by atoms with Crippen LogP contribution in [0.2, 0.25) is 0 Å². The highest BCUT2D eigenvalue weighted by Crippen LogP contribution is 2.40. The number of nitrogens with zero attached hydrogens (tertiary/aromatic N) is 3. The fraction of sp³-hybridized carbons (Fsp3) is 0.667. The van der Waals surface area contributed by atoms with Crippen molar-refractivity contribution in [3.05, 3.63) is 18.5 Å². The van der Waals surface area contributed by atoms with E-state index in [-0.39, 0.29) is 0 Å². The SMILES string of the molecule is CC(C)NC(C#N)(Cn1cccn1)C1CC1. The van der Waals surface area contributed by atoms with Crippen LogP contribution in [0.1, 0.15) is 26.7 Å². The molecule has 1 aromatic heterocycles. The van der Waals surface area contributed by atoms with Gasteiger partial charge in [-0.1, -0.05) is 0 Å². The quantitative estimate of drug-likeness (QED) is 0.816. The van der Waals surface area contributed by atoms with Gasteiger partial charge in [-0.3, -0.25) is 10.00 Å². The van der Waals surface area contributed by atoms with Crippen molar-refractivity contribution in [2.75, 3.05) is 0 Å². The number of nitriles is 1. The number of nitrogens with one attached hydrogen (secondary N) is 1. The molecule has 0 aromatic carbocycles. The van der Waals surface area contributed by atoms with Crippen LogP contribution in [0.15, 0.2) is 18.5 Å². The van der Waals surface area contributed by atoms with Gasteiger partial charge in [0, 0.05) is 18.4 Å². The third-order valence-corrected chi connectivity index (χ3v) is 2.99. The molecule has 1 N–H and O–H groups in total. The zero-order chi connectivity index (χ0) is 11.6. The molecule has 1 unspecified atom stereocenters. The average Bonchev–Trinajstić information content (AvgIpc) is 2.98. The van der Waals surface area contributed by atoms with Crippen molar-refractivity contribution < 1.29 is 0 Å². The molecular formula is C12H18N4. The number of rotatable bonds is 5. The Morgan fingerprint density at radius 2 is 2.38 bits per heavy atom. The first-order valence-corrected chi connectivity index (χ1v) is 5.82. The van der Waals surface area contributed by atoms with Gasteiger partial charge < -0.3 is 0 Å². The second-order valence-electron chi connectivity index (χ2n) is 4.86. The molecule has 1 heterocycles. The number of hydrogen-bond acceptors (Lipinski definition) is 3. The van der Waals surface area contributed by atoms with E-state index in [0.717, 1.165) is 12.8 Å². The molecule has 0 spiro atoms. The van der Waals surface area contributed by atoms with Crippen LogP contribution < -0.4 is 5.32 Å². The molecule has 0 amide bonds. The van der Waals surface area contributed by atoms with E-state index in [4.69, 9.17) is 0 Å². The Morgan fingerprint density at radius 3 is 2.81 bits per heavy atom. The summed E-state index contributed by atoms with van der Waals surface area (Å²) >= 11 is 0. The van der Waals surface area contributed by atoms with Gasteiger partial charge >= 0.3 is 0 Å². The maximum atomic E-state index is 9.48. The Balaban J connectivity index is 2.16. The average molecular weight is 218 g/mol. The van der Waals surface area contributed by atoms with Gasteiger partial charge in [-0.05, 0) is 38.7 Å². The van der Waals surface area contributed by atoms with Crippen molar-refractivity contribution in [1.29, 1.82) is 5.26 Å². The molecule has 2 rings (SSSR count). The summed E-state index contributed by atoms with van der Waals surface area (Å²) in [7, 11) is 0. The lowest BCUT2D eigenvalue weighted by molar-refractivity contribution is 0.284. The molecule has 1 atom stereocenters. The number of hydrogen-bond donors (Lipinski definition) is 1. The summed E-state index contributed by atoms with van der Waals surface area (Å²) in [4.78, 5) is 0. The topological polar surface area (TPSA) is 53.6 Å². The first kappa shape index (κ1) is 11.2. The van der Waals surface area contributed by atoms with Gasteiger partial charge in [-0.2, -0.15) is 10.4 Å². The van der Waals surface area contributed by atoms with Crippen molar-refractivity contribution in [1.82, 2.24) is 15.1 Å². The van der Waals surface area contributed by atoms with E-state index >= 15 is 0 Å². The smallest absolute Gasteiger partial charge is 0.129 e. The van der Waals surface area contributed by atoms with Gasteiger partial charge in [0.2, 0.25) is 0 Å². The molecule has 1 aromatic rings. The molecule has 1 fully saturated rings. The Labute approximate surface area is 96.3 Å². The van der Waals surface area contributed by atoms with Crippen molar-refractivity contribution in [2.24, 2.45) is 5.92 Å². The summed E-state index contributed by atoms with van der Waals surface area (Å²) in [5, 5.41) is 17.1. The Morgan fingerprint density at radius 1 is 1.62 bits per heavy atom. The second kappa shape index (κ2) is 4.26. The van der Waals surface area contributed by atoms with Crippen LogP contribution in [0.3, 0.4) is 0 Å². The largest absolute Gasteiger partial charge is 0.295 e. The predicted octanol–water partition coefficient (Wildman–Crippen LogP) is 1.55. The van der Waals surface area contributed by atoms with E-state index in [2.05, 4.69) is 30.3 Å². The van der Waals surface area contributed by atoms with Crippen LogP contribution in [0.5, 0.6) is 0 Å². The highest BCUT2D eigenvalue weighted by Gasteiger charge is 2.46. The molecular weight excluding hydrogens is 200 g/mol. The fourth-order valence-corrected chi connectivity index (χ4v) is 2.19. The van der Waals surface area contributed by atoms with Crippen LogP contribution in [-0.2, 0) is 6.54 Å². The molecule has 4 nitrogen and oxygen atoms in total. The Kier molecular flexibility index (Phi) is 2.97. The van der Waals surface area contributed by atoms with Crippen LogP contribution in [-0.4, -0.2) is 21.4 Å². The Bertz CT molecular complexity index is 372. The normalized spacial score (nSPS) is 19.4. The van der Waals surface area contributed by atoms with Crippen molar-refractivity contribution in [2.45, 2.75) is 44.8 Å². The molecule has 1 saturated carbocycles. The minimum absolute atomic E-state index is 0.316. The monoisotopic (exact) mass is 218 g/mol. The minimum Gasteiger partial charge on any atom is -0.295 e. The maximum absolute atomic E-state index is 9.48. The van der Waals surface area contributed by atoms with Gasteiger partial charge in [0.25, 0.3) is 0 Å². The molecule has 0 radical (unpaired) electrons. The summed E-state index contributed by atoms with van der Waals surface area (Å²) in [5.41, 5.74) is -0.444. The van der Waals surface area contributed by atoms with Crippen molar-refractivity contribution >= 4 is 0 Å². The van der Waals surface area contributed by atoms with Crippen molar-refractivity contribution in [3.8, 4) is 6.07 Å². The summed E-state index contributed by atoms with van der Waals surface area (Å²) < 4.78 is 1.84. The lowest BCUT2D eigenvalue weighted by Crippen LogP contribution is -2.52. The first-order valence-electron chi connectivity index (χ1n) is 5.82. The van der Waals surface area contributed by atoms with Crippen molar-refractivity contribution in [3.63, 3.8) is 0 Å². The van der Waals surface area contributed by atoms with Crippen LogP contribution >= 0.6 is 0 Å². The van der Waals surface area contributed by atoms with Gasteiger partial charge in [0.15, 0.2) is 0 Å². The van der Waals surface area contributed by atoms with E-state index in [0.29, 0.717) is 18.5 Å². The molecule has 1 aliphatic rings. The third-order valence-electron chi connectivity index (χ3n) is 2.99. The van der Waals surface area contributed by atoms with E-state index in [1.54, 1.807) is 6.20 Å². The third kappa shape index (κ3) is 2.25. The number of aromatic nitrogens is 2. The van der Waals surface area contributed by atoms with Crippen LogP contribution in [0, 0.1) is 17.2 Å². The second-order valence-corrected chi connectivity index (χ2v) is 4.86. The molecule has 4 heteroatoms. The lowest BCUT2D eigenvalue weighted by Gasteiger charge is -2.30. The lowest BCUT2D eigenvalue weighted by atomic mass is 9.94. The van der Waals surface area contributed by atoms with E-state index < -0.39 is 5.54 Å². The van der Waals surface area contributed by atoms with Gasteiger partial charge in [-0.15, -0.1) is 0 Å². The summed E-state index contributed by atoms with van der Waals surface area (Å²) in [6, 6.07) is 4.68.